The summed E-state index contributed by atoms with van der Waals surface area (Å²) in [5.41, 5.74) is 2.35. The molecule has 1 rings (SSSR count). The van der Waals surface area contributed by atoms with Crippen molar-refractivity contribution in [3.8, 4) is 0 Å². The van der Waals surface area contributed by atoms with Gasteiger partial charge >= 0.3 is 5.97 Å². The van der Waals surface area contributed by atoms with Gasteiger partial charge in [0, 0.05) is 0 Å². The smallest absolute Gasteiger partial charge is 0.336 e. The summed E-state index contributed by atoms with van der Waals surface area (Å²) in [4.78, 5) is 10.8. The molecule has 0 atom stereocenters. The topological polar surface area (TPSA) is 57.5 Å². The SMILES string of the molecule is Cc1cc(C)c(C(=O)O)c(CO)c1. The zero-order valence-corrected chi connectivity index (χ0v) is 7.66. The monoisotopic (exact) mass is 180 g/mol. The quantitative estimate of drug-likeness (QED) is 0.725. The zero-order valence-electron chi connectivity index (χ0n) is 7.66. The van der Waals surface area contributed by atoms with E-state index >= 15 is 0 Å². The predicted molar refractivity (Wildman–Crippen MR) is 48.8 cm³/mol. The van der Waals surface area contributed by atoms with Gasteiger partial charge in [-0.25, -0.2) is 4.79 Å². The summed E-state index contributed by atoms with van der Waals surface area (Å²) < 4.78 is 0. The molecule has 70 valence electrons. The van der Waals surface area contributed by atoms with Crippen molar-refractivity contribution < 1.29 is 15.0 Å². The highest BCUT2D eigenvalue weighted by molar-refractivity contribution is 5.91. The Bertz CT molecular complexity index is 342. The van der Waals surface area contributed by atoms with E-state index in [1.807, 2.05) is 6.92 Å². The predicted octanol–water partition coefficient (Wildman–Crippen LogP) is 1.49. The molecule has 0 saturated carbocycles. The van der Waals surface area contributed by atoms with Crippen molar-refractivity contribution in [2.24, 2.45) is 0 Å². The molecule has 0 radical (unpaired) electrons. The third-order valence-corrected chi connectivity index (χ3v) is 1.95. The van der Waals surface area contributed by atoms with Gasteiger partial charge in [-0.1, -0.05) is 17.7 Å². The Hall–Kier alpha value is -1.35. The molecule has 1 aromatic rings. The Balaban J connectivity index is 3.38. The summed E-state index contributed by atoms with van der Waals surface area (Å²) in [6, 6.07) is 3.49. The lowest BCUT2D eigenvalue weighted by molar-refractivity contribution is 0.0692. The summed E-state index contributed by atoms with van der Waals surface area (Å²) in [6.07, 6.45) is 0. The minimum absolute atomic E-state index is 0.216. The number of hydrogen-bond donors (Lipinski definition) is 2. The molecule has 0 bridgehead atoms. The van der Waals surface area contributed by atoms with Crippen LogP contribution in [0.5, 0.6) is 0 Å². The molecule has 0 amide bonds. The number of aliphatic hydroxyl groups excluding tert-OH is 1. The van der Waals surface area contributed by atoms with Crippen molar-refractivity contribution >= 4 is 5.97 Å². The van der Waals surface area contributed by atoms with Crippen molar-refractivity contribution in [2.45, 2.75) is 20.5 Å². The standard InChI is InChI=1S/C10H12O3/c1-6-3-7(2)9(10(12)13)8(4-6)5-11/h3-4,11H,5H2,1-2H3,(H,12,13). The molecule has 0 heterocycles. The molecule has 0 aliphatic carbocycles. The van der Waals surface area contributed by atoms with Crippen LogP contribution in [0.4, 0.5) is 0 Å². The molecule has 0 saturated heterocycles. The second-order valence-electron chi connectivity index (χ2n) is 3.08. The Kier molecular flexibility index (Phi) is 2.68. The normalized spacial score (nSPS) is 10.1. The summed E-state index contributed by atoms with van der Waals surface area (Å²) in [6.45, 7) is 3.37. The Labute approximate surface area is 76.6 Å². The summed E-state index contributed by atoms with van der Waals surface area (Å²) >= 11 is 0. The van der Waals surface area contributed by atoms with E-state index in [0.717, 1.165) is 5.56 Å². The maximum absolute atomic E-state index is 10.8. The largest absolute Gasteiger partial charge is 0.478 e. The fourth-order valence-electron chi connectivity index (χ4n) is 1.49. The van der Waals surface area contributed by atoms with Crippen molar-refractivity contribution in [2.75, 3.05) is 0 Å². The Morgan fingerprint density at radius 2 is 2.00 bits per heavy atom. The molecule has 0 aliphatic heterocycles. The molecule has 3 nitrogen and oxygen atoms in total. The fourth-order valence-corrected chi connectivity index (χ4v) is 1.49. The van der Waals surface area contributed by atoms with Gasteiger partial charge in [0.25, 0.3) is 0 Å². The van der Waals surface area contributed by atoms with Gasteiger partial charge in [0.15, 0.2) is 0 Å². The minimum atomic E-state index is -0.985. The molecule has 0 unspecified atom stereocenters. The molecular weight excluding hydrogens is 168 g/mol. The number of carboxylic acid groups (broad SMARTS) is 1. The van der Waals surface area contributed by atoms with Crippen LogP contribution in [0.2, 0.25) is 0 Å². The third kappa shape index (κ3) is 1.87. The molecular formula is C10H12O3. The van der Waals surface area contributed by atoms with Crippen LogP contribution in [0.3, 0.4) is 0 Å². The van der Waals surface area contributed by atoms with Crippen LogP contribution in [0.25, 0.3) is 0 Å². The highest BCUT2D eigenvalue weighted by Crippen LogP contribution is 2.16. The first-order valence-electron chi connectivity index (χ1n) is 4.00. The summed E-state index contributed by atoms with van der Waals surface area (Å²) in [5.74, 6) is -0.985. The lowest BCUT2D eigenvalue weighted by atomic mass is 9.99. The van der Waals surface area contributed by atoms with Crippen LogP contribution in [0.15, 0.2) is 12.1 Å². The number of aryl methyl sites for hydroxylation is 2. The highest BCUT2D eigenvalue weighted by atomic mass is 16.4. The molecule has 3 heteroatoms. The average Bonchev–Trinajstić information content (AvgIpc) is 2.01. The van der Waals surface area contributed by atoms with E-state index in [1.165, 1.54) is 0 Å². The van der Waals surface area contributed by atoms with E-state index in [-0.39, 0.29) is 12.2 Å². The van der Waals surface area contributed by atoms with Crippen LogP contribution in [0.1, 0.15) is 27.0 Å². The van der Waals surface area contributed by atoms with E-state index in [1.54, 1.807) is 19.1 Å². The van der Waals surface area contributed by atoms with Crippen molar-refractivity contribution in [3.63, 3.8) is 0 Å². The van der Waals surface area contributed by atoms with Gasteiger partial charge in [-0.05, 0) is 25.0 Å². The van der Waals surface area contributed by atoms with E-state index in [9.17, 15) is 4.79 Å². The van der Waals surface area contributed by atoms with Crippen LogP contribution >= 0.6 is 0 Å². The first kappa shape index (κ1) is 9.74. The summed E-state index contributed by atoms with van der Waals surface area (Å²) in [7, 11) is 0. The summed E-state index contributed by atoms with van der Waals surface area (Å²) in [5, 5.41) is 17.8. The second-order valence-corrected chi connectivity index (χ2v) is 3.08. The maximum atomic E-state index is 10.8. The highest BCUT2D eigenvalue weighted by Gasteiger charge is 2.12. The van der Waals surface area contributed by atoms with E-state index < -0.39 is 5.97 Å². The van der Waals surface area contributed by atoms with Gasteiger partial charge in [-0.3, -0.25) is 0 Å². The molecule has 0 aromatic heterocycles. The van der Waals surface area contributed by atoms with Gasteiger partial charge in [0.05, 0.1) is 12.2 Å². The van der Waals surface area contributed by atoms with Crippen LogP contribution < -0.4 is 0 Å². The van der Waals surface area contributed by atoms with Gasteiger partial charge in [-0.2, -0.15) is 0 Å². The molecule has 0 spiro atoms. The zero-order chi connectivity index (χ0) is 10.0. The van der Waals surface area contributed by atoms with E-state index in [4.69, 9.17) is 10.2 Å². The number of rotatable bonds is 2. The molecule has 2 N–H and O–H groups in total. The number of aliphatic hydroxyl groups is 1. The number of carboxylic acids is 1. The third-order valence-electron chi connectivity index (χ3n) is 1.95. The van der Waals surface area contributed by atoms with Crippen molar-refractivity contribution in [1.82, 2.24) is 0 Å². The number of aromatic carboxylic acids is 1. The van der Waals surface area contributed by atoms with E-state index in [2.05, 4.69) is 0 Å². The van der Waals surface area contributed by atoms with Crippen LogP contribution in [0, 0.1) is 13.8 Å². The van der Waals surface area contributed by atoms with Crippen molar-refractivity contribution in [3.05, 3.63) is 34.4 Å². The molecule has 13 heavy (non-hydrogen) atoms. The first-order chi connectivity index (χ1) is 6.06. The second kappa shape index (κ2) is 3.58. The lowest BCUT2D eigenvalue weighted by Gasteiger charge is -2.07. The molecule has 1 aromatic carbocycles. The molecule has 0 fully saturated rings. The van der Waals surface area contributed by atoms with Gasteiger partial charge in [-0.15, -0.1) is 0 Å². The number of benzene rings is 1. The van der Waals surface area contributed by atoms with Crippen LogP contribution in [-0.4, -0.2) is 16.2 Å². The average molecular weight is 180 g/mol. The lowest BCUT2D eigenvalue weighted by Crippen LogP contribution is -2.05. The Morgan fingerprint density at radius 1 is 1.38 bits per heavy atom. The maximum Gasteiger partial charge on any atom is 0.336 e. The van der Waals surface area contributed by atoms with Gasteiger partial charge in [0.1, 0.15) is 0 Å². The van der Waals surface area contributed by atoms with Gasteiger partial charge in [0.2, 0.25) is 0 Å². The van der Waals surface area contributed by atoms with Crippen molar-refractivity contribution in [1.29, 1.82) is 0 Å². The number of carbonyl (C=O) groups is 1. The molecule has 0 aliphatic rings. The Morgan fingerprint density at radius 3 is 2.46 bits per heavy atom. The van der Waals surface area contributed by atoms with E-state index in [0.29, 0.717) is 11.1 Å². The minimum Gasteiger partial charge on any atom is -0.478 e. The van der Waals surface area contributed by atoms with Gasteiger partial charge < -0.3 is 10.2 Å². The number of hydrogen-bond acceptors (Lipinski definition) is 2. The fraction of sp³-hybridized carbons (Fsp3) is 0.300. The van der Waals surface area contributed by atoms with Crippen LogP contribution in [-0.2, 0) is 6.61 Å². The first-order valence-corrected chi connectivity index (χ1v) is 4.00.